The Balaban J connectivity index is 1.22. The topological polar surface area (TPSA) is 124 Å². The summed E-state index contributed by atoms with van der Waals surface area (Å²) in [5, 5.41) is 18.5. The van der Waals surface area contributed by atoms with Crippen LogP contribution in [0.25, 0.3) is 0 Å². The minimum atomic E-state index is -1.24. The summed E-state index contributed by atoms with van der Waals surface area (Å²) in [6.45, 7) is 3.24. The molecule has 1 fully saturated rings. The first-order valence-corrected chi connectivity index (χ1v) is 13.3. The predicted molar refractivity (Wildman–Crippen MR) is 142 cm³/mol. The molecular weight excluding hydrogens is 494 g/mol. The Morgan fingerprint density at radius 3 is 2.89 bits per heavy atom. The zero-order chi connectivity index (χ0) is 26.2. The van der Waals surface area contributed by atoms with Crippen molar-refractivity contribution >= 4 is 35.2 Å². The van der Waals surface area contributed by atoms with Crippen molar-refractivity contribution in [3.05, 3.63) is 58.2 Å². The maximum atomic E-state index is 12.8. The molecule has 2 atom stereocenters. The van der Waals surface area contributed by atoms with Crippen LogP contribution >= 0.6 is 11.6 Å². The first-order valence-electron chi connectivity index (χ1n) is 12.9. The highest BCUT2D eigenvalue weighted by molar-refractivity contribution is 6.31. The molecule has 2 aliphatic rings. The zero-order valence-corrected chi connectivity index (χ0v) is 21.6. The Kier molecular flexibility index (Phi) is 9.35. The molecule has 0 spiro atoms. The molecule has 4 N–H and O–H groups in total. The molecule has 37 heavy (non-hydrogen) atoms. The molecule has 1 aromatic heterocycles. The number of nitrogens with zero attached hydrogens (tertiary/aromatic N) is 2. The number of aromatic nitrogens is 1. The van der Waals surface area contributed by atoms with E-state index in [0.29, 0.717) is 11.6 Å². The van der Waals surface area contributed by atoms with Crippen molar-refractivity contribution in [2.75, 3.05) is 38.0 Å². The molecule has 0 radical (unpaired) electrons. The van der Waals surface area contributed by atoms with Crippen molar-refractivity contribution in [1.29, 1.82) is 0 Å². The van der Waals surface area contributed by atoms with Gasteiger partial charge in [-0.05, 0) is 81.4 Å². The smallest absolute Gasteiger partial charge is 0.328 e. The van der Waals surface area contributed by atoms with Crippen molar-refractivity contribution < 1.29 is 19.5 Å². The maximum absolute atomic E-state index is 12.8. The van der Waals surface area contributed by atoms with Gasteiger partial charge >= 0.3 is 5.97 Å². The van der Waals surface area contributed by atoms with Crippen LogP contribution in [0.2, 0.25) is 5.02 Å². The summed E-state index contributed by atoms with van der Waals surface area (Å²) in [7, 11) is 0. The molecule has 0 saturated carbocycles. The molecule has 0 bridgehead atoms. The number of carboxylic acid groups (broad SMARTS) is 1. The van der Waals surface area contributed by atoms with Crippen LogP contribution in [0, 0.1) is 5.92 Å². The molecule has 0 aliphatic carbocycles. The third kappa shape index (κ3) is 7.66. The highest BCUT2D eigenvalue weighted by Crippen LogP contribution is 2.21. The number of nitrogens with one attached hydrogen (secondary N) is 3. The number of rotatable bonds is 10. The first kappa shape index (κ1) is 26.9. The minimum absolute atomic E-state index is 0.185. The van der Waals surface area contributed by atoms with Crippen LogP contribution in [-0.4, -0.2) is 71.5 Å². The van der Waals surface area contributed by atoms with Gasteiger partial charge < -0.3 is 26.0 Å². The van der Waals surface area contributed by atoms with Crippen molar-refractivity contribution in [1.82, 2.24) is 20.5 Å². The lowest BCUT2D eigenvalue weighted by atomic mass is 9.96. The number of benzene rings is 1. The molecule has 1 unspecified atom stereocenters. The fraction of sp³-hybridized carbons (Fsp3) is 0.481. The first-order chi connectivity index (χ1) is 17.9. The molecule has 198 valence electrons. The van der Waals surface area contributed by atoms with E-state index in [4.69, 9.17) is 16.6 Å². The number of pyridine rings is 1. The summed E-state index contributed by atoms with van der Waals surface area (Å²) in [6.07, 6.45) is 5.73. The number of fused-ring (bicyclic) bond motifs is 1. The number of hydrogen-bond donors (Lipinski definition) is 4. The van der Waals surface area contributed by atoms with Gasteiger partial charge in [0, 0.05) is 35.9 Å². The number of anilines is 1. The van der Waals surface area contributed by atoms with Crippen LogP contribution in [-0.2, 0) is 22.4 Å². The number of carbonyl (C=O) groups excluding carboxylic acids is 2. The Hall–Kier alpha value is -3.17. The summed E-state index contributed by atoms with van der Waals surface area (Å²) in [4.78, 5) is 44.0. The summed E-state index contributed by atoms with van der Waals surface area (Å²) >= 11 is 5.91. The summed E-state index contributed by atoms with van der Waals surface area (Å²) in [5.74, 6) is -1.15. The highest BCUT2D eigenvalue weighted by atomic mass is 35.5. The maximum Gasteiger partial charge on any atom is 0.328 e. The van der Waals surface area contributed by atoms with E-state index in [1.54, 1.807) is 18.2 Å². The van der Waals surface area contributed by atoms with E-state index in [-0.39, 0.29) is 23.9 Å². The molecule has 10 heteroatoms. The fourth-order valence-electron chi connectivity index (χ4n) is 4.88. The fourth-order valence-corrected chi connectivity index (χ4v) is 5.07. The van der Waals surface area contributed by atoms with Gasteiger partial charge in [-0.1, -0.05) is 23.7 Å². The largest absolute Gasteiger partial charge is 0.480 e. The van der Waals surface area contributed by atoms with Gasteiger partial charge in [-0.25, -0.2) is 9.78 Å². The summed E-state index contributed by atoms with van der Waals surface area (Å²) in [5.41, 5.74) is 2.63. The SMILES string of the molecule is O=C(NC(CNC(=O)[C@@H]1CCCN(CCCc2ccc3c(n2)NCCC3)C1)C(=O)O)c1cccc(Cl)c1. The molecule has 2 aliphatic heterocycles. The van der Waals surface area contributed by atoms with Crippen LogP contribution in [0.5, 0.6) is 0 Å². The van der Waals surface area contributed by atoms with Gasteiger partial charge in [0.05, 0.1) is 5.92 Å². The number of likely N-dealkylation sites (tertiary alicyclic amines) is 1. The molecule has 2 amide bonds. The predicted octanol–water partition coefficient (Wildman–Crippen LogP) is 2.74. The third-order valence-corrected chi connectivity index (χ3v) is 7.14. The van der Waals surface area contributed by atoms with E-state index in [0.717, 1.165) is 69.7 Å². The van der Waals surface area contributed by atoms with Crippen LogP contribution < -0.4 is 16.0 Å². The Labute approximate surface area is 222 Å². The number of carboxylic acids is 1. The Morgan fingerprint density at radius 2 is 2.08 bits per heavy atom. The van der Waals surface area contributed by atoms with Crippen molar-refractivity contribution in [3.8, 4) is 0 Å². The normalized spacial score (nSPS) is 18.2. The average Bonchev–Trinajstić information content (AvgIpc) is 2.90. The average molecular weight is 528 g/mol. The number of carbonyl (C=O) groups is 3. The number of halogens is 1. The van der Waals surface area contributed by atoms with Crippen LogP contribution in [0.15, 0.2) is 36.4 Å². The number of amides is 2. The summed E-state index contributed by atoms with van der Waals surface area (Å²) in [6, 6.07) is 9.30. The molecular formula is C27H34ClN5O4. The van der Waals surface area contributed by atoms with Gasteiger partial charge in [0.2, 0.25) is 5.91 Å². The van der Waals surface area contributed by atoms with E-state index in [1.807, 2.05) is 0 Å². The number of aliphatic carboxylic acids is 1. The van der Waals surface area contributed by atoms with Crippen molar-refractivity contribution in [3.63, 3.8) is 0 Å². The van der Waals surface area contributed by atoms with Crippen molar-refractivity contribution in [2.24, 2.45) is 5.92 Å². The van der Waals surface area contributed by atoms with E-state index >= 15 is 0 Å². The molecule has 3 heterocycles. The number of aryl methyl sites for hydroxylation is 2. The Morgan fingerprint density at radius 1 is 1.22 bits per heavy atom. The van der Waals surface area contributed by atoms with Crippen molar-refractivity contribution in [2.45, 2.75) is 44.6 Å². The van der Waals surface area contributed by atoms with E-state index in [9.17, 15) is 19.5 Å². The van der Waals surface area contributed by atoms with Gasteiger partial charge in [-0.2, -0.15) is 0 Å². The van der Waals surface area contributed by atoms with Gasteiger partial charge in [-0.3, -0.25) is 9.59 Å². The lowest BCUT2D eigenvalue weighted by Gasteiger charge is -2.32. The lowest BCUT2D eigenvalue weighted by molar-refractivity contribution is -0.139. The minimum Gasteiger partial charge on any atom is -0.480 e. The van der Waals surface area contributed by atoms with E-state index in [2.05, 4.69) is 33.0 Å². The Bertz CT molecular complexity index is 1130. The molecule has 4 rings (SSSR count). The van der Waals surface area contributed by atoms with Gasteiger partial charge in [0.15, 0.2) is 0 Å². The lowest BCUT2D eigenvalue weighted by Crippen LogP contribution is -2.51. The molecule has 9 nitrogen and oxygen atoms in total. The quantitative estimate of drug-likeness (QED) is 0.374. The molecule has 2 aromatic rings. The second-order valence-electron chi connectivity index (χ2n) is 9.70. The van der Waals surface area contributed by atoms with Crippen LogP contribution in [0.4, 0.5) is 5.82 Å². The van der Waals surface area contributed by atoms with Gasteiger partial charge in [0.25, 0.3) is 5.91 Å². The van der Waals surface area contributed by atoms with Crippen LogP contribution in [0.1, 0.15) is 47.3 Å². The summed E-state index contributed by atoms with van der Waals surface area (Å²) < 4.78 is 0. The highest BCUT2D eigenvalue weighted by Gasteiger charge is 2.28. The number of piperidine rings is 1. The molecule has 1 saturated heterocycles. The van der Waals surface area contributed by atoms with E-state index < -0.39 is 17.9 Å². The number of hydrogen-bond acceptors (Lipinski definition) is 6. The van der Waals surface area contributed by atoms with Gasteiger partial charge in [0.1, 0.15) is 11.9 Å². The van der Waals surface area contributed by atoms with E-state index in [1.165, 1.54) is 11.6 Å². The monoisotopic (exact) mass is 527 g/mol. The zero-order valence-electron chi connectivity index (χ0n) is 20.8. The second kappa shape index (κ2) is 12.9. The third-order valence-electron chi connectivity index (χ3n) is 6.91. The standard InChI is InChI=1S/C27H34ClN5O4/c28-21-8-1-5-19(15-21)26(35)32-23(27(36)37)16-30-25(34)20-7-3-13-33(17-20)14-4-9-22-11-10-18-6-2-12-29-24(18)31-22/h1,5,8,10-11,15,20,23H,2-4,6-7,9,12-14,16-17H2,(H,29,31)(H,30,34)(H,32,35)(H,36,37)/t20-,23?/m1/s1. The second-order valence-corrected chi connectivity index (χ2v) is 10.1. The molecule has 1 aromatic carbocycles. The van der Waals surface area contributed by atoms with Crippen LogP contribution in [0.3, 0.4) is 0 Å². The van der Waals surface area contributed by atoms with Gasteiger partial charge in [-0.15, -0.1) is 0 Å².